The smallest absolute Gasteiger partial charge is 0.240 e. The van der Waals surface area contributed by atoms with Crippen molar-refractivity contribution in [2.75, 3.05) is 19.5 Å². The van der Waals surface area contributed by atoms with Gasteiger partial charge in [0, 0.05) is 23.7 Å². The van der Waals surface area contributed by atoms with E-state index in [4.69, 9.17) is 9.47 Å². The van der Waals surface area contributed by atoms with E-state index in [2.05, 4.69) is 15.6 Å². The summed E-state index contributed by atoms with van der Waals surface area (Å²) in [5.74, 6) is 0.934. The maximum Gasteiger partial charge on any atom is 0.240 e. The molecule has 0 spiro atoms. The summed E-state index contributed by atoms with van der Waals surface area (Å²) < 4.78 is 10.4. The predicted molar refractivity (Wildman–Crippen MR) is 110 cm³/mol. The van der Waals surface area contributed by atoms with Crippen molar-refractivity contribution >= 4 is 34.4 Å². The summed E-state index contributed by atoms with van der Waals surface area (Å²) in [4.78, 5) is 28.9. The second kappa shape index (κ2) is 9.27. The lowest BCUT2D eigenvalue weighted by Crippen LogP contribution is -2.28. The Labute approximate surface area is 167 Å². The summed E-state index contributed by atoms with van der Waals surface area (Å²) in [6, 6.07) is 14.6. The molecular weight excluding hydrogens is 378 g/mol. The lowest BCUT2D eigenvalue weighted by atomic mass is 10.2. The number of nitrogens with zero attached hydrogens (tertiary/aromatic N) is 1. The Morgan fingerprint density at radius 1 is 1.18 bits per heavy atom. The first-order valence-electron chi connectivity index (χ1n) is 8.67. The number of nitrogens with one attached hydrogen (secondary N) is 2. The number of para-hydroxylation sites is 1. The van der Waals surface area contributed by atoms with Crippen LogP contribution < -0.4 is 20.1 Å². The Morgan fingerprint density at radius 2 is 2.00 bits per heavy atom. The molecule has 2 aromatic rings. The van der Waals surface area contributed by atoms with Crippen molar-refractivity contribution in [2.45, 2.75) is 18.2 Å². The average molecular weight is 399 g/mol. The number of benzene rings is 2. The molecule has 1 heterocycles. The highest BCUT2D eigenvalue weighted by molar-refractivity contribution is 8.15. The second-order valence-electron chi connectivity index (χ2n) is 6.01. The maximum atomic E-state index is 12.3. The van der Waals surface area contributed by atoms with Crippen molar-refractivity contribution in [3.63, 3.8) is 0 Å². The highest BCUT2D eigenvalue weighted by Gasteiger charge is 2.32. The van der Waals surface area contributed by atoms with Gasteiger partial charge in [0.1, 0.15) is 16.7 Å². The summed E-state index contributed by atoms with van der Waals surface area (Å²) >= 11 is 1.26. The van der Waals surface area contributed by atoms with Crippen LogP contribution in [0.5, 0.6) is 11.5 Å². The lowest BCUT2D eigenvalue weighted by Gasteiger charge is -2.08. The molecule has 0 radical (unpaired) electrons. The van der Waals surface area contributed by atoms with Gasteiger partial charge in [-0.3, -0.25) is 14.6 Å². The minimum atomic E-state index is -0.512. The first-order valence-corrected chi connectivity index (χ1v) is 9.55. The fourth-order valence-electron chi connectivity index (χ4n) is 2.69. The molecule has 2 amide bonds. The molecule has 0 bridgehead atoms. The van der Waals surface area contributed by atoms with Crippen LogP contribution in [0.15, 0.2) is 53.5 Å². The Bertz CT molecular complexity index is 901. The quantitative estimate of drug-likeness (QED) is 0.747. The van der Waals surface area contributed by atoms with Crippen LogP contribution in [0.3, 0.4) is 0 Å². The number of methoxy groups -OCH3 is 2. The molecule has 28 heavy (non-hydrogen) atoms. The first-order chi connectivity index (χ1) is 13.6. The Morgan fingerprint density at radius 3 is 2.79 bits per heavy atom. The van der Waals surface area contributed by atoms with Gasteiger partial charge in [0.15, 0.2) is 5.17 Å². The third-order valence-corrected chi connectivity index (χ3v) is 5.21. The zero-order valence-corrected chi connectivity index (χ0v) is 16.4. The number of amidine groups is 1. The van der Waals surface area contributed by atoms with E-state index in [-0.39, 0.29) is 18.2 Å². The molecule has 0 aliphatic carbocycles. The number of anilines is 1. The van der Waals surface area contributed by atoms with Crippen LogP contribution in [-0.2, 0) is 16.1 Å². The molecule has 0 aromatic heterocycles. The SMILES string of the molecule is COc1cccc(NC(=O)C[C@@H]2SC(=NCc3ccccc3OC)NC2=O)c1. The number of rotatable bonds is 7. The second-order valence-corrected chi connectivity index (χ2v) is 7.20. The van der Waals surface area contributed by atoms with Gasteiger partial charge >= 0.3 is 0 Å². The van der Waals surface area contributed by atoms with Gasteiger partial charge in [-0.05, 0) is 18.2 Å². The fourth-order valence-corrected chi connectivity index (χ4v) is 3.66. The van der Waals surface area contributed by atoms with Gasteiger partial charge in [-0.2, -0.15) is 0 Å². The average Bonchev–Trinajstić information content (AvgIpc) is 3.05. The van der Waals surface area contributed by atoms with Gasteiger partial charge in [-0.1, -0.05) is 36.0 Å². The highest BCUT2D eigenvalue weighted by Crippen LogP contribution is 2.25. The minimum Gasteiger partial charge on any atom is -0.497 e. The van der Waals surface area contributed by atoms with Gasteiger partial charge in [-0.25, -0.2) is 0 Å². The third kappa shape index (κ3) is 5.04. The van der Waals surface area contributed by atoms with Crippen molar-refractivity contribution in [3.8, 4) is 11.5 Å². The van der Waals surface area contributed by atoms with Gasteiger partial charge in [-0.15, -0.1) is 0 Å². The van der Waals surface area contributed by atoms with Crippen molar-refractivity contribution < 1.29 is 19.1 Å². The number of amides is 2. The van der Waals surface area contributed by atoms with Crippen LogP contribution in [0, 0.1) is 0 Å². The first kappa shape index (κ1) is 19.8. The molecule has 1 saturated heterocycles. The van der Waals surface area contributed by atoms with E-state index in [1.165, 1.54) is 11.8 Å². The molecule has 146 valence electrons. The predicted octanol–water partition coefficient (Wildman–Crippen LogP) is 2.82. The number of carbonyl (C=O) groups is 2. The van der Waals surface area contributed by atoms with Crippen LogP contribution >= 0.6 is 11.8 Å². The largest absolute Gasteiger partial charge is 0.497 e. The van der Waals surface area contributed by atoms with Gasteiger partial charge in [0.2, 0.25) is 11.8 Å². The third-order valence-electron chi connectivity index (χ3n) is 4.09. The van der Waals surface area contributed by atoms with E-state index in [0.717, 1.165) is 11.3 Å². The molecule has 0 saturated carbocycles. The summed E-state index contributed by atoms with van der Waals surface area (Å²) in [6.45, 7) is 0.384. The van der Waals surface area contributed by atoms with Crippen molar-refractivity contribution in [3.05, 3.63) is 54.1 Å². The summed E-state index contributed by atoms with van der Waals surface area (Å²) in [7, 11) is 3.17. The van der Waals surface area contributed by atoms with Gasteiger partial charge in [0.25, 0.3) is 0 Å². The van der Waals surface area contributed by atoms with Crippen LogP contribution in [0.25, 0.3) is 0 Å². The Kier molecular flexibility index (Phi) is 6.54. The van der Waals surface area contributed by atoms with E-state index in [0.29, 0.717) is 23.1 Å². The monoisotopic (exact) mass is 399 g/mol. The van der Waals surface area contributed by atoms with Crippen molar-refractivity contribution in [1.82, 2.24) is 5.32 Å². The summed E-state index contributed by atoms with van der Waals surface area (Å²) in [5.41, 5.74) is 1.55. The van der Waals surface area contributed by atoms with Gasteiger partial charge in [0.05, 0.1) is 20.8 Å². The number of carbonyl (C=O) groups excluding carboxylic acids is 2. The highest BCUT2D eigenvalue weighted by atomic mass is 32.2. The summed E-state index contributed by atoms with van der Waals surface area (Å²) in [6.07, 6.45) is 0.0569. The van der Waals surface area contributed by atoms with Crippen molar-refractivity contribution in [2.24, 2.45) is 4.99 Å². The van der Waals surface area contributed by atoms with E-state index in [1.54, 1.807) is 38.5 Å². The molecule has 1 aliphatic heterocycles. The van der Waals surface area contributed by atoms with Crippen LogP contribution in [0.2, 0.25) is 0 Å². The van der Waals surface area contributed by atoms with Gasteiger partial charge < -0.3 is 20.1 Å². The summed E-state index contributed by atoms with van der Waals surface area (Å²) in [5, 5.41) is 5.51. The van der Waals surface area contributed by atoms with Crippen molar-refractivity contribution in [1.29, 1.82) is 0 Å². The van der Waals surface area contributed by atoms with Crippen LogP contribution in [0.4, 0.5) is 5.69 Å². The number of hydrogen-bond donors (Lipinski definition) is 2. The molecule has 1 aliphatic rings. The Hall–Kier alpha value is -3.00. The van der Waals surface area contributed by atoms with E-state index in [9.17, 15) is 9.59 Å². The topological polar surface area (TPSA) is 89.0 Å². The zero-order chi connectivity index (χ0) is 19.9. The van der Waals surface area contributed by atoms with E-state index in [1.807, 2.05) is 24.3 Å². The normalized spacial score (nSPS) is 17.3. The molecule has 3 rings (SSSR count). The molecule has 2 aromatic carbocycles. The zero-order valence-electron chi connectivity index (χ0n) is 15.6. The molecular formula is C20H21N3O4S. The van der Waals surface area contributed by atoms with E-state index >= 15 is 0 Å². The number of ether oxygens (including phenoxy) is 2. The molecule has 1 fully saturated rings. The molecule has 7 nitrogen and oxygen atoms in total. The maximum absolute atomic E-state index is 12.3. The standard InChI is InChI=1S/C20H21N3O4S/c1-26-15-8-5-7-14(10-15)22-18(24)11-17-19(25)23-20(28-17)21-12-13-6-3-4-9-16(13)27-2/h3-10,17H,11-12H2,1-2H3,(H,22,24)(H,21,23,25)/t17-/m0/s1. The van der Waals surface area contributed by atoms with Crippen LogP contribution in [-0.4, -0.2) is 36.5 Å². The lowest BCUT2D eigenvalue weighted by molar-refractivity contribution is -0.122. The minimum absolute atomic E-state index is 0.0569. The Balaban J connectivity index is 1.57. The molecule has 1 atom stereocenters. The molecule has 8 heteroatoms. The van der Waals surface area contributed by atoms with Crippen LogP contribution in [0.1, 0.15) is 12.0 Å². The number of thioether (sulfide) groups is 1. The fraction of sp³-hybridized carbons (Fsp3) is 0.250. The van der Waals surface area contributed by atoms with E-state index < -0.39 is 5.25 Å². The molecule has 2 N–H and O–H groups in total. The molecule has 0 unspecified atom stereocenters. The number of aliphatic imine (C=N–C) groups is 1. The number of hydrogen-bond acceptors (Lipinski definition) is 6.